The first-order valence-corrected chi connectivity index (χ1v) is 12.7. The maximum atomic E-state index is 13.0. The number of hydrogen-bond acceptors (Lipinski definition) is 4. The van der Waals surface area contributed by atoms with E-state index in [1.165, 1.54) is 6.26 Å². The van der Waals surface area contributed by atoms with Gasteiger partial charge >= 0.3 is 6.09 Å². The summed E-state index contributed by atoms with van der Waals surface area (Å²) in [5.74, 6) is 0. The van der Waals surface area contributed by atoms with E-state index in [2.05, 4.69) is 29.0 Å². The summed E-state index contributed by atoms with van der Waals surface area (Å²) in [7, 11) is -3.40. The van der Waals surface area contributed by atoms with Crippen LogP contribution in [0.1, 0.15) is 38.2 Å². The van der Waals surface area contributed by atoms with Crippen molar-refractivity contribution in [1.82, 2.24) is 9.62 Å². The molecule has 1 saturated heterocycles. The van der Waals surface area contributed by atoms with Crippen LogP contribution in [0.5, 0.6) is 0 Å². The van der Waals surface area contributed by atoms with Crippen LogP contribution in [0.2, 0.25) is 0 Å². The molecular formula is C24H30N2O4S. The van der Waals surface area contributed by atoms with Crippen molar-refractivity contribution in [2.45, 2.75) is 56.7 Å². The summed E-state index contributed by atoms with van der Waals surface area (Å²) in [5, 5.41) is 0. The number of carbonyl (C=O) groups is 1. The number of benzene rings is 2. The number of sulfonamides is 1. The number of amides is 1. The highest BCUT2D eigenvalue weighted by molar-refractivity contribution is 7.88. The lowest BCUT2D eigenvalue weighted by atomic mass is 9.90. The number of likely N-dealkylation sites (tertiary alicyclic amines) is 1. The molecule has 0 bridgehead atoms. The SMILES string of the molecule is CC1(OC(=O)N2CCC[C@H](NS(C)(=O)=O)[C@@H]2Cc2cccc(-c3ccccc3)c2)CC1. The highest BCUT2D eigenvalue weighted by atomic mass is 32.2. The molecule has 1 N–H and O–H groups in total. The molecule has 0 spiro atoms. The van der Waals surface area contributed by atoms with Gasteiger partial charge in [0.1, 0.15) is 5.60 Å². The number of hydrogen-bond donors (Lipinski definition) is 1. The van der Waals surface area contributed by atoms with Crippen LogP contribution < -0.4 is 4.72 Å². The van der Waals surface area contributed by atoms with Gasteiger partial charge in [-0.1, -0.05) is 54.6 Å². The van der Waals surface area contributed by atoms with Crippen molar-refractivity contribution in [1.29, 1.82) is 0 Å². The summed E-state index contributed by atoms with van der Waals surface area (Å²) < 4.78 is 32.5. The predicted molar refractivity (Wildman–Crippen MR) is 121 cm³/mol. The monoisotopic (exact) mass is 442 g/mol. The molecule has 2 atom stereocenters. The molecule has 0 aromatic heterocycles. The average molecular weight is 443 g/mol. The second-order valence-corrected chi connectivity index (χ2v) is 10.8. The number of carbonyl (C=O) groups excluding carboxylic acids is 1. The first-order valence-electron chi connectivity index (χ1n) is 10.8. The van der Waals surface area contributed by atoms with E-state index in [1.54, 1.807) is 4.90 Å². The molecule has 1 heterocycles. The van der Waals surface area contributed by atoms with Crippen molar-refractivity contribution in [2.24, 2.45) is 0 Å². The van der Waals surface area contributed by atoms with Crippen LogP contribution in [0.3, 0.4) is 0 Å². The Morgan fingerprint density at radius 2 is 1.84 bits per heavy atom. The smallest absolute Gasteiger partial charge is 0.410 e. The van der Waals surface area contributed by atoms with Crippen molar-refractivity contribution < 1.29 is 17.9 Å². The topological polar surface area (TPSA) is 75.7 Å². The van der Waals surface area contributed by atoms with E-state index in [0.717, 1.165) is 36.0 Å². The minimum Gasteiger partial charge on any atom is -0.443 e. The van der Waals surface area contributed by atoms with E-state index in [1.807, 2.05) is 37.3 Å². The van der Waals surface area contributed by atoms with Crippen molar-refractivity contribution in [3.8, 4) is 11.1 Å². The fraction of sp³-hybridized carbons (Fsp3) is 0.458. The lowest BCUT2D eigenvalue weighted by Gasteiger charge is -2.41. The molecular weight excluding hydrogens is 412 g/mol. The van der Waals surface area contributed by atoms with E-state index in [-0.39, 0.29) is 23.8 Å². The minimum atomic E-state index is -3.40. The number of nitrogens with zero attached hydrogens (tertiary/aromatic N) is 1. The highest BCUT2D eigenvalue weighted by Crippen LogP contribution is 2.39. The second-order valence-electron chi connectivity index (χ2n) is 8.99. The van der Waals surface area contributed by atoms with Crippen LogP contribution in [0.15, 0.2) is 54.6 Å². The zero-order valence-corrected chi connectivity index (χ0v) is 18.9. The second kappa shape index (κ2) is 8.63. The Balaban J connectivity index is 1.60. The molecule has 2 fully saturated rings. The minimum absolute atomic E-state index is 0.302. The molecule has 1 saturated carbocycles. The fourth-order valence-corrected chi connectivity index (χ4v) is 5.07. The summed E-state index contributed by atoms with van der Waals surface area (Å²) >= 11 is 0. The van der Waals surface area contributed by atoms with Gasteiger partial charge in [0.25, 0.3) is 0 Å². The van der Waals surface area contributed by atoms with Gasteiger partial charge in [0, 0.05) is 12.6 Å². The van der Waals surface area contributed by atoms with Gasteiger partial charge in [0.05, 0.1) is 12.3 Å². The Morgan fingerprint density at radius 3 is 2.52 bits per heavy atom. The highest BCUT2D eigenvalue weighted by Gasteiger charge is 2.45. The maximum Gasteiger partial charge on any atom is 0.410 e. The first kappa shape index (κ1) is 21.8. The van der Waals surface area contributed by atoms with E-state index < -0.39 is 10.0 Å². The third kappa shape index (κ3) is 5.66. The van der Waals surface area contributed by atoms with Crippen LogP contribution in [0.4, 0.5) is 4.79 Å². The number of rotatable bonds is 6. The molecule has 7 heteroatoms. The third-order valence-electron chi connectivity index (χ3n) is 6.15. The summed E-state index contributed by atoms with van der Waals surface area (Å²) in [6.45, 7) is 2.51. The van der Waals surface area contributed by atoms with E-state index in [9.17, 15) is 13.2 Å². The maximum absolute atomic E-state index is 13.0. The Hall–Kier alpha value is -2.38. The zero-order valence-electron chi connectivity index (χ0n) is 18.1. The number of piperidine rings is 1. The van der Waals surface area contributed by atoms with Crippen molar-refractivity contribution >= 4 is 16.1 Å². The third-order valence-corrected chi connectivity index (χ3v) is 6.88. The molecule has 1 aliphatic heterocycles. The molecule has 166 valence electrons. The van der Waals surface area contributed by atoms with Crippen LogP contribution in [0, 0.1) is 0 Å². The quantitative estimate of drug-likeness (QED) is 0.735. The molecule has 31 heavy (non-hydrogen) atoms. The zero-order chi connectivity index (χ0) is 22.1. The molecule has 4 rings (SSSR count). The Labute approximate surface area is 184 Å². The van der Waals surface area contributed by atoms with Crippen LogP contribution >= 0.6 is 0 Å². The molecule has 1 aliphatic carbocycles. The molecule has 1 amide bonds. The van der Waals surface area contributed by atoms with Gasteiger partial charge in [0.15, 0.2) is 0 Å². The summed E-state index contributed by atoms with van der Waals surface area (Å²) in [6, 6.07) is 17.7. The van der Waals surface area contributed by atoms with E-state index >= 15 is 0 Å². The van der Waals surface area contributed by atoms with Gasteiger partial charge in [-0.05, 0) is 55.7 Å². The molecule has 0 unspecified atom stereocenters. The van der Waals surface area contributed by atoms with Gasteiger partial charge in [0.2, 0.25) is 10.0 Å². The van der Waals surface area contributed by atoms with Gasteiger partial charge in [-0.3, -0.25) is 0 Å². The van der Waals surface area contributed by atoms with Crippen molar-refractivity contribution in [3.63, 3.8) is 0 Å². The lowest BCUT2D eigenvalue weighted by Crippen LogP contribution is -2.58. The van der Waals surface area contributed by atoms with Gasteiger partial charge < -0.3 is 9.64 Å². The summed E-state index contributed by atoms with van der Waals surface area (Å²) in [6.07, 6.45) is 4.56. The molecule has 2 aliphatic rings. The van der Waals surface area contributed by atoms with Crippen molar-refractivity contribution in [3.05, 3.63) is 60.2 Å². The normalized spacial score (nSPS) is 22.7. The van der Waals surface area contributed by atoms with E-state index in [4.69, 9.17) is 4.74 Å². The fourth-order valence-electron chi connectivity index (χ4n) is 4.25. The van der Waals surface area contributed by atoms with Crippen molar-refractivity contribution in [2.75, 3.05) is 12.8 Å². The number of ether oxygens (including phenoxy) is 1. The van der Waals surface area contributed by atoms with Gasteiger partial charge in [-0.25, -0.2) is 17.9 Å². The van der Waals surface area contributed by atoms with E-state index in [0.29, 0.717) is 19.4 Å². The average Bonchev–Trinajstić information content (AvgIpc) is 3.45. The van der Waals surface area contributed by atoms with Crippen LogP contribution in [-0.2, 0) is 21.2 Å². The van der Waals surface area contributed by atoms with Crippen LogP contribution in [-0.4, -0.2) is 49.9 Å². The number of nitrogens with one attached hydrogen (secondary N) is 1. The first-order chi connectivity index (χ1) is 14.7. The Morgan fingerprint density at radius 1 is 1.13 bits per heavy atom. The standard InChI is InChI=1S/C24H30N2O4S/c1-24(13-14-24)30-23(27)26-15-7-12-21(25-31(2,28)29)22(26)17-18-8-6-11-20(16-18)19-9-4-3-5-10-19/h3-6,8-11,16,21-22,25H,7,12-15,17H2,1-2H3/t21-,22-/m0/s1. The molecule has 2 aromatic carbocycles. The summed E-state index contributed by atoms with van der Waals surface area (Å²) in [4.78, 5) is 14.7. The Bertz CT molecular complexity index is 1030. The Kier molecular flexibility index (Phi) is 6.08. The summed E-state index contributed by atoms with van der Waals surface area (Å²) in [5.41, 5.74) is 2.91. The molecule has 2 aromatic rings. The molecule has 0 radical (unpaired) electrons. The van der Waals surface area contributed by atoms with Crippen LogP contribution in [0.25, 0.3) is 11.1 Å². The van der Waals surface area contributed by atoms with Gasteiger partial charge in [-0.2, -0.15) is 0 Å². The van der Waals surface area contributed by atoms with Gasteiger partial charge in [-0.15, -0.1) is 0 Å². The lowest BCUT2D eigenvalue weighted by molar-refractivity contribution is 0.0322. The molecule has 6 nitrogen and oxygen atoms in total. The largest absolute Gasteiger partial charge is 0.443 e. The predicted octanol–water partition coefficient (Wildman–Crippen LogP) is 3.97.